The predicted octanol–water partition coefficient (Wildman–Crippen LogP) is 3.74. The van der Waals surface area contributed by atoms with Crippen LogP contribution >= 0.6 is 15.9 Å². The molecule has 0 aliphatic carbocycles. The first-order chi connectivity index (χ1) is 10.9. The maximum atomic E-state index is 13.9. The maximum absolute atomic E-state index is 13.9. The van der Waals surface area contributed by atoms with E-state index >= 15 is 0 Å². The van der Waals surface area contributed by atoms with Gasteiger partial charge in [-0.1, -0.05) is 22.0 Å². The summed E-state index contributed by atoms with van der Waals surface area (Å²) in [4.78, 5) is 2.89. The van der Waals surface area contributed by atoms with Crippen molar-refractivity contribution >= 4 is 42.5 Å². The Morgan fingerprint density at radius 2 is 2.00 bits per heavy atom. The summed E-state index contributed by atoms with van der Waals surface area (Å²) in [5.74, 6) is -0.810. The van der Waals surface area contributed by atoms with Crippen molar-refractivity contribution in [3.63, 3.8) is 0 Å². The second-order valence-electron chi connectivity index (χ2n) is 4.75. The fraction of sp³-hybridized carbons (Fsp3) is 0. The van der Waals surface area contributed by atoms with Crippen molar-refractivity contribution < 1.29 is 12.8 Å². The lowest BCUT2D eigenvalue weighted by Crippen LogP contribution is -2.13. The van der Waals surface area contributed by atoms with Crippen LogP contribution in [0.3, 0.4) is 0 Å². The van der Waals surface area contributed by atoms with Crippen molar-refractivity contribution in [2.24, 2.45) is 0 Å². The first kappa shape index (κ1) is 15.5. The maximum Gasteiger partial charge on any atom is 0.264 e. The Morgan fingerprint density at radius 3 is 2.70 bits per heavy atom. The van der Waals surface area contributed by atoms with Gasteiger partial charge in [0.05, 0.1) is 17.3 Å². The summed E-state index contributed by atoms with van der Waals surface area (Å²) in [5, 5.41) is 9.21. The molecule has 0 aliphatic heterocycles. The molecule has 0 spiro atoms. The normalized spacial score (nSPS) is 11.3. The number of fused-ring (bicyclic) bond motifs is 1. The third kappa shape index (κ3) is 2.93. The SMILES string of the molecule is N#Cc1ccc(NS(=O)(=O)c2c[nH]c3cc(Br)ccc23)c(F)c1. The van der Waals surface area contributed by atoms with Gasteiger partial charge in [0.15, 0.2) is 0 Å². The topological polar surface area (TPSA) is 85.8 Å². The number of hydrogen-bond donors (Lipinski definition) is 2. The number of sulfonamides is 1. The molecule has 23 heavy (non-hydrogen) atoms. The standard InChI is InChI=1S/C15H9BrFN3O2S/c16-10-2-3-11-14(6-10)19-8-15(11)23(21,22)20-13-4-1-9(7-18)5-12(13)17/h1-6,8,19-20H. The van der Waals surface area contributed by atoms with Crippen LogP contribution in [0.25, 0.3) is 10.9 Å². The van der Waals surface area contributed by atoms with Gasteiger partial charge in [-0.2, -0.15) is 5.26 Å². The molecule has 2 aromatic carbocycles. The Bertz CT molecular complexity index is 1050. The molecule has 0 amide bonds. The average molecular weight is 394 g/mol. The number of halogens is 2. The Labute approximate surface area is 139 Å². The number of aromatic amines is 1. The molecule has 3 aromatic rings. The lowest BCUT2D eigenvalue weighted by atomic mass is 10.2. The number of nitrogens with one attached hydrogen (secondary N) is 2. The van der Waals surface area contributed by atoms with Gasteiger partial charge in [0.25, 0.3) is 10.0 Å². The van der Waals surface area contributed by atoms with Gasteiger partial charge in [-0.3, -0.25) is 4.72 Å². The van der Waals surface area contributed by atoms with Crippen LogP contribution in [-0.2, 0) is 10.0 Å². The fourth-order valence-electron chi connectivity index (χ4n) is 2.16. The zero-order valence-corrected chi connectivity index (χ0v) is 13.9. The predicted molar refractivity (Wildman–Crippen MR) is 87.9 cm³/mol. The molecule has 2 N–H and O–H groups in total. The van der Waals surface area contributed by atoms with E-state index in [0.717, 1.165) is 10.5 Å². The van der Waals surface area contributed by atoms with Crippen LogP contribution in [0.5, 0.6) is 0 Å². The molecule has 0 fully saturated rings. The van der Waals surface area contributed by atoms with Crippen LogP contribution in [0.4, 0.5) is 10.1 Å². The average Bonchev–Trinajstić information content (AvgIpc) is 2.93. The molecule has 0 saturated carbocycles. The number of nitrogens with zero attached hydrogens (tertiary/aromatic N) is 1. The van der Waals surface area contributed by atoms with E-state index in [1.54, 1.807) is 24.3 Å². The number of H-pyrrole nitrogens is 1. The minimum atomic E-state index is -3.97. The van der Waals surface area contributed by atoms with Gasteiger partial charge in [0.2, 0.25) is 0 Å². The summed E-state index contributed by atoms with van der Waals surface area (Å²) >= 11 is 3.31. The molecule has 3 rings (SSSR count). The Balaban J connectivity index is 2.03. The fourth-order valence-corrected chi connectivity index (χ4v) is 3.77. The number of hydrogen-bond acceptors (Lipinski definition) is 3. The van der Waals surface area contributed by atoms with Crippen molar-refractivity contribution in [2.75, 3.05) is 4.72 Å². The molecule has 0 aliphatic rings. The molecular formula is C15H9BrFN3O2S. The number of nitriles is 1. The van der Waals surface area contributed by atoms with Gasteiger partial charge in [0, 0.05) is 21.6 Å². The molecule has 0 bridgehead atoms. The van der Waals surface area contributed by atoms with E-state index in [1.165, 1.54) is 18.3 Å². The van der Waals surface area contributed by atoms with E-state index in [-0.39, 0.29) is 16.1 Å². The number of benzene rings is 2. The smallest absolute Gasteiger partial charge is 0.264 e. The molecule has 5 nitrogen and oxygen atoms in total. The van der Waals surface area contributed by atoms with Crippen molar-refractivity contribution in [2.45, 2.75) is 4.90 Å². The van der Waals surface area contributed by atoms with E-state index in [0.29, 0.717) is 10.9 Å². The zero-order chi connectivity index (χ0) is 16.6. The van der Waals surface area contributed by atoms with Gasteiger partial charge in [-0.05, 0) is 30.3 Å². The van der Waals surface area contributed by atoms with Crippen LogP contribution in [-0.4, -0.2) is 13.4 Å². The second-order valence-corrected chi connectivity index (χ2v) is 7.32. The van der Waals surface area contributed by atoms with E-state index in [9.17, 15) is 12.8 Å². The number of rotatable bonds is 3. The minimum Gasteiger partial charge on any atom is -0.360 e. The Hall–Kier alpha value is -2.37. The Kier molecular flexibility index (Phi) is 3.83. The van der Waals surface area contributed by atoms with E-state index in [1.807, 2.05) is 0 Å². The van der Waals surface area contributed by atoms with Crippen LogP contribution in [0.1, 0.15) is 5.56 Å². The lowest BCUT2D eigenvalue weighted by molar-refractivity contribution is 0.599. The van der Waals surface area contributed by atoms with Gasteiger partial charge < -0.3 is 4.98 Å². The first-order valence-corrected chi connectivity index (χ1v) is 8.67. The zero-order valence-electron chi connectivity index (χ0n) is 11.5. The molecule has 0 atom stereocenters. The van der Waals surface area contributed by atoms with Gasteiger partial charge >= 0.3 is 0 Å². The van der Waals surface area contributed by atoms with Gasteiger partial charge in [-0.25, -0.2) is 12.8 Å². The summed E-state index contributed by atoms with van der Waals surface area (Å²) in [7, 11) is -3.97. The van der Waals surface area contributed by atoms with Crippen LogP contribution in [0.15, 0.2) is 52.0 Å². The van der Waals surface area contributed by atoms with Gasteiger partial charge in [-0.15, -0.1) is 0 Å². The van der Waals surface area contributed by atoms with Crippen molar-refractivity contribution in [3.05, 3.63) is 58.4 Å². The number of aromatic nitrogens is 1. The highest BCUT2D eigenvalue weighted by molar-refractivity contribution is 9.10. The highest BCUT2D eigenvalue weighted by Crippen LogP contribution is 2.27. The summed E-state index contributed by atoms with van der Waals surface area (Å²) in [6.07, 6.45) is 1.35. The van der Waals surface area contributed by atoms with E-state index in [4.69, 9.17) is 5.26 Å². The molecule has 0 unspecified atom stereocenters. The largest absolute Gasteiger partial charge is 0.360 e. The van der Waals surface area contributed by atoms with E-state index < -0.39 is 15.8 Å². The molecule has 1 heterocycles. The van der Waals surface area contributed by atoms with Crippen molar-refractivity contribution in [1.82, 2.24) is 4.98 Å². The molecular weight excluding hydrogens is 385 g/mol. The Morgan fingerprint density at radius 1 is 1.22 bits per heavy atom. The van der Waals surface area contributed by atoms with Crippen molar-refractivity contribution in [1.29, 1.82) is 5.26 Å². The summed E-state index contributed by atoms with van der Waals surface area (Å²) in [6.45, 7) is 0. The molecule has 0 saturated heterocycles. The van der Waals surface area contributed by atoms with E-state index in [2.05, 4.69) is 25.6 Å². The van der Waals surface area contributed by atoms with Crippen LogP contribution < -0.4 is 4.72 Å². The highest BCUT2D eigenvalue weighted by atomic mass is 79.9. The second kappa shape index (κ2) is 5.68. The van der Waals surface area contributed by atoms with Crippen LogP contribution in [0.2, 0.25) is 0 Å². The minimum absolute atomic E-state index is 0.0174. The summed E-state index contributed by atoms with van der Waals surface area (Å²) in [6, 6.07) is 10.4. The monoisotopic (exact) mass is 393 g/mol. The summed E-state index contributed by atoms with van der Waals surface area (Å²) < 4.78 is 41.9. The third-order valence-corrected chi connectivity index (χ3v) is 5.14. The first-order valence-electron chi connectivity index (χ1n) is 6.40. The quantitative estimate of drug-likeness (QED) is 0.710. The van der Waals surface area contributed by atoms with Crippen molar-refractivity contribution in [3.8, 4) is 6.07 Å². The summed E-state index contributed by atoms with van der Waals surface area (Å²) in [5.41, 5.74) is 0.540. The lowest BCUT2D eigenvalue weighted by Gasteiger charge is -2.08. The molecule has 1 aromatic heterocycles. The number of anilines is 1. The molecule has 0 radical (unpaired) electrons. The van der Waals surface area contributed by atoms with Gasteiger partial charge in [0.1, 0.15) is 10.7 Å². The third-order valence-electron chi connectivity index (χ3n) is 3.24. The molecule has 8 heteroatoms. The van der Waals surface area contributed by atoms with Crippen LogP contribution in [0, 0.1) is 17.1 Å². The molecule has 116 valence electrons. The highest BCUT2D eigenvalue weighted by Gasteiger charge is 2.20.